The van der Waals surface area contributed by atoms with Gasteiger partial charge in [0.1, 0.15) is 0 Å². The standard InChI is InChI=1S/C24H48N2O11/c1-2-4-29-6-8-31-10-12-33-14-16-35-18-20-37-21-19-36-17-15-34-13-11-32-9-7-30-5-3-24(28)26-22-23(25)27/h2-22H2,1H3,(H2,25,27)(H,26,28). The maximum absolute atomic E-state index is 11.3. The van der Waals surface area contributed by atoms with Crippen LogP contribution in [0.15, 0.2) is 0 Å². The smallest absolute Gasteiger partial charge is 0.236 e. The van der Waals surface area contributed by atoms with E-state index < -0.39 is 5.91 Å². The lowest BCUT2D eigenvalue weighted by Crippen LogP contribution is -2.33. The number of carbonyl (C=O) groups excluding carboxylic acids is 2. The van der Waals surface area contributed by atoms with Crippen LogP contribution in [-0.2, 0) is 52.2 Å². The summed E-state index contributed by atoms with van der Waals surface area (Å²) in [7, 11) is 0. The van der Waals surface area contributed by atoms with Crippen LogP contribution in [0.4, 0.5) is 0 Å². The van der Waals surface area contributed by atoms with E-state index in [1.54, 1.807) is 0 Å². The molecule has 0 aliphatic carbocycles. The zero-order valence-corrected chi connectivity index (χ0v) is 22.4. The average Bonchev–Trinajstić information content (AvgIpc) is 2.89. The molecule has 0 aliphatic heterocycles. The van der Waals surface area contributed by atoms with Gasteiger partial charge >= 0.3 is 0 Å². The Morgan fingerprint density at radius 3 is 1.03 bits per heavy atom. The lowest BCUT2D eigenvalue weighted by molar-refractivity contribution is -0.125. The van der Waals surface area contributed by atoms with E-state index in [2.05, 4.69) is 12.2 Å². The van der Waals surface area contributed by atoms with Crippen LogP contribution in [0.2, 0.25) is 0 Å². The topological polar surface area (TPSA) is 155 Å². The van der Waals surface area contributed by atoms with Crippen LogP contribution < -0.4 is 11.1 Å². The number of primary amides is 1. The lowest BCUT2D eigenvalue weighted by atomic mass is 10.4. The fourth-order valence-electron chi connectivity index (χ4n) is 2.44. The minimum absolute atomic E-state index is 0.164. The maximum atomic E-state index is 11.3. The van der Waals surface area contributed by atoms with E-state index in [0.29, 0.717) is 106 Å². The van der Waals surface area contributed by atoms with Gasteiger partial charge in [-0.1, -0.05) is 6.92 Å². The Labute approximate surface area is 220 Å². The summed E-state index contributed by atoms with van der Waals surface area (Å²) in [4.78, 5) is 21.9. The first-order valence-electron chi connectivity index (χ1n) is 12.9. The number of nitrogens with two attached hydrogens (primary N) is 1. The Kier molecular flexibility index (Phi) is 29.6. The van der Waals surface area contributed by atoms with Crippen molar-refractivity contribution in [2.24, 2.45) is 5.73 Å². The van der Waals surface area contributed by atoms with Gasteiger partial charge in [0.25, 0.3) is 0 Å². The molecule has 0 heterocycles. The number of rotatable bonds is 31. The van der Waals surface area contributed by atoms with Gasteiger partial charge in [0.15, 0.2) is 0 Å². The van der Waals surface area contributed by atoms with Gasteiger partial charge in [0.05, 0.1) is 119 Å². The second-order valence-electron chi connectivity index (χ2n) is 7.50. The summed E-state index contributed by atoms with van der Waals surface area (Å²) in [5.74, 6) is -0.863. The summed E-state index contributed by atoms with van der Waals surface area (Å²) in [6, 6.07) is 0. The molecule has 13 nitrogen and oxygen atoms in total. The monoisotopic (exact) mass is 540 g/mol. The predicted octanol–water partition coefficient (Wildman–Crippen LogP) is -0.463. The quantitative estimate of drug-likeness (QED) is 0.110. The largest absolute Gasteiger partial charge is 0.379 e. The second kappa shape index (κ2) is 30.8. The molecule has 0 atom stereocenters. The maximum Gasteiger partial charge on any atom is 0.236 e. The SMILES string of the molecule is CCCOCCOCCOCCOCCOCCOCCOCCOCCOCCC(=O)NCC(N)=O. The molecular formula is C24H48N2O11. The van der Waals surface area contributed by atoms with E-state index >= 15 is 0 Å². The van der Waals surface area contributed by atoms with Gasteiger partial charge in [-0.25, -0.2) is 0 Å². The van der Waals surface area contributed by atoms with Gasteiger partial charge in [-0.05, 0) is 6.42 Å². The molecule has 0 saturated heterocycles. The molecule has 0 aromatic rings. The van der Waals surface area contributed by atoms with Crippen LogP contribution in [0, 0.1) is 0 Å². The normalized spacial score (nSPS) is 11.2. The Morgan fingerprint density at radius 1 is 0.486 bits per heavy atom. The number of carbonyl (C=O) groups is 2. The molecule has 0 bridgehead atoms. The highest BCUT2D eigenvalue weighted by Crippen LogP contribution is 1.87. The van der Waals surface area contributed by atoms with Crippen LogP contribution in [0.5, 0.6) is 0 Å². The zero-order valence-electron chi connectivity index (χ0n) is 22.4. The van der Waals surface area contributed by atoms with Crippen molar-refractivity contribution in [2.45, 2.75) is 19.8 Å². The van der Waals surface area contributed by atoms with E-state index in [4.69, 9.17) is 48.4 Å². The number of ether oxygens (including phenoxy) is 9. The van der Waals surface area contributed by atoms with Crippen molar-refractivity contribution >= 4 is 11.8 Å². The van der Waals surface area contributed by atoms with Crippen molar-refractivity contribution in [3.05, 3.63) is 0 Å². The summed E-state index contributed by atoms with van der Waals surface area (Å²) >= 11 is 0. The fourth-order valence-corrected chi connectivity index (χ4v) is 2.44. The third-order valence-electron chi connectivity index (χ3n) is 4.26. The molecule has 37 heavy (non-hydrogen) atoms. The molecule has 0 spiro atoms. The number of hydrogen-bond donors (Lipinski definition) is 2. The van der Waals surface area contributed by atoms with Gasteiger partial charge < -0.3 is 53.7 Å². The van der Waals surface area contributed by atoms with Crippen molar-refractivity contribution in [1.82, 2.24) is 5.32 Å². The van der Waals surface area contributed by atoms with E-state index in [-0.39, 0.29) is 25.5 Å². The zero-order chi connectivity index (χ0) is 27.1. The highest BCUT2D eigenvalue weighted by molar-refractivity contribution is 5.83. The summed E-state index contributed by atoms with van der Waals surface area (Å²) in [5, 5.41) is 2.38. The molecule has 0 radical (unpaired) electrons. The molecule has 3 N–H and O–H groups in total. The summed E-state index contributed by atoms with van der Waals surface area (Å²) in [6.07, 6.45) is 1.18. The molecule has 0 fully saturated rings. The molecule has 0 unspecified atom stereocenters. The van der Waals surface area contributed by atoms with E-state index in [1.807, 2.05) is 0 Å². The summed E-state index contributed by atoms with van der Waals surface area (Å²) in [5.41, 5.74) is 4.93. The average molecular weight is 541 g/mol. The van der Waals surface area contributed by atoms with E-state index in [1.165, 1.54) is 0 Å². The third-order valence-corrected chi connectivity index (χ3v) is 4.26. The molecule has 0 aliphatic rings. The second-order valence-corrected chi connectivity index (χ2v) is 7.50. The first kappa shape index (κ1) is 35.6. The van der Waals surface area contributed by atoms with Crippen molar-refractivity contribution in [2.75, 3.05) is 125 Å². The molecule has 13 heteroatoms. The first-order chi connectivity index (χ1) is 18.2. The molecular weight excluding hydrogens is 492 g/mol. The first-order valence-corrected chi connectivity index (χ1v) is 12.9. The van der Waals surface area contributed by atoms with Gasteiger partial charge in [-0.2, -0.15) is 0 Å². The molecule has 0 rings (SSSR count). The van der Waals surface area contributed by atoms with Gasteiger partial charge in [-0.15, -0.1) is 0 Å². The molecule has 0 saturated carbocycles. The number of amides is 2. The Morgan fingerprint density at radius 2 is 0.757 bits per heavy atom. The highest BCUT2D eigenvalue weighted by atomic mass is 16.6. The Hall–Kier alpha value is -1.42. The molecule has 0 aromatic carbocycles. The molecule has 2 amide bonds. The molecule has 0 aromatic heterocycles. The number of hydrogen-bond acceptors (Lipinski definition) is 11. The minimum atomic E-state index is -0.581. The van der Waals surface area contributed by atoms with Gasteiger partial charge in [-0.3, -0.25) is 9.59 Å². The van der Waals surface area contributed by atoms with E-state index in [9.17, 15) is 9.59 Å². The fraction of sp³-hybridized carbons (Fsp3) is 0.917. The van der Waals surface area contributed by atoms with Crippen molar-refractivity contribution in [1.29, 1.82) is 0 Å². The van der Waals surface area contributed by atoms with Crippen LogP contribution in [0.1, 0.15) is 19.8 Å². The van der Waals surface area contributed by atoms with Crippen LogP contribution in [-0.4, -0.2) is 137 Å². The van der Waals surface area contributed by atoms with Crippen LogP contribution in [0.3, 0.4) is 0 Å². The van der Waals surface area contributed by atoms with Crippen LogP contribution >= 0.6 is 0 Å². The third kappa shape index (κ3) is 32.6. The Bertz CT molecular complexity index is 501. The Balaban J connectivity index is 3.07. The van der Waals surface area contributed by atoms with Crippen LogP contribution in [0.25, 0.3) is 0 Å². The van der Waals surface area contributed by atoms with Gasteiger partial charge in [0, 0.05) is 13.0 Å². The predicted molar refractivity (Wildman–Crippen MR) is 134 cm³/mol. The summed E-state index contributed by atoms with van der Waals surface area (Å²) < 4.78 is 48.4. The van der Waals surface area contributed by atoms with Crippen molar-refractivity contribution in [3.8, 4) is 0 Å². The van der Waals surface area contributed by atoms with E-state index in [0.717, 1.165) is 13.0 Å². The lowest BCUT2D eigenvalue weighted by Gasteiger charge is -2.09. The van der Waals surface area contributed by atoms with Crippen molar-refractivity contribution in [3.63, 3.8) is 0 Å². The van der Waals surface area contributed by atoms with Crippen molar-refractivity contribution < 1.29 is 52.2 Å². The number of nitrogens with one attached hydrogen (secondary N) is 1. The van der Waals surface area contributed by atoms with Gasteiger partial charge in [0.2, 0.25) is 11.8 Å². The summed E-state index contributed by atoms with van der Waals surface area (Å²) in [6.45, 7) is 10.9. The minimum Gasteiger partial charge on any atom is -0.379 e. The highest BCUT2D eigenvalue weighted by Gasteiger charge is 2.02. The molecule has 220 valence electrons.